The normalized spacial score (nSPS) is 13.6. The zero-order valence-corrected chi connectivity index (χ0v) is 27.6. The van der Waals surface area contributed by atoms with E-state index in [1.807, 2.05) is 57.2 Å². The van der Waals surface area contributed by atoms with Crippen molar-refractivity contribution < 1.29 is 0 Å². The second-order valence-electron chi connectivity index (χ2n) is 11.6. The fourth-order valence-electron chi connectivity index (χ4n) is 5.25. The maximum Gasteiger partial charge on any atom is 0.156 e. The van der Waals surface area contributed by atoms with Gasteiger partial charge in [-0.25, -0.2) is 19.9 Å². The lowest BCUT2D eigenvalue weighted by atomic mass is 10.0. The Labute approximate surface area is 280 Å². The van der Waals surface area contributed by atoms with Crippen LogP contribution in [0.15, 0.2) is 79.0 Å². The van der Waals surface area contributed by atoms with Crippen molar-refractivity contribution in [2.24, 2.45) is 0 Å². The van der Waals surface area contributed by atoms with Crippen molar-refractivity contribution >= 4 is 58.1 Å². The van der Waals surface area contributed by atoms with Crippen LogP contribution in [0.2, 0.25) is 0 Å². The molecule has 0 spiro atoms. The summed E-state index contributed by atoms with van der Waals surface area (Å²) >= 11 is 0. The molecule has 4 aromatic heterocycles. The Morgan fingerprint density at radius 3 is 2.08 bits per heavy atom. The minimum atomic E-state index is 0.670. The first kappa shape index (κ1) is 32.1. The van der Waals surface area contributed by atoms with Gasteiger partial charge in [-0.1, -0.05) is 54.6 Å². The number of aromatic amines is 2. The molecule has 12 heteroatoms. The van der Waals surface area contributed by atoms with Gasteiger partial charge in [0.2, 0.25) is 0 Å². The zero-order chi connectivity index (χ0) is 33.3. The van der Waals surface area contributed by atoms with Gasteiger partial charge in [-0.2, -0.15) is 10.2 Å². The maximum absolute atomic E-state index is 4.87. The van der Waals surface area contributed by atoms with Crippen LogP contribution in [-0.2, 0) is 0 Å². The van der Waals surface area contributed by atoms with Gasteiger partial charge in [-0.3, -0.25) is 10.2 Å². The molecule has 0 radical (unpaired) electrons. The standard InChI is InChI=1S/C25H27N7.C11H13N5/c1-18-16-24(30-29-18)27-23-17-25(32-14-12-31(2)13-15-32)28-22(26-23)11-10-20-8-5-7-19-6-3-4-9-21(19)20;1-3-4-9-12-6-5-10(13-9)14-11-7-8(2)15-16-11/h3-11,16-17H,12-15H2,1-2H3,(H2,26,27,28,29,30);3-7H,1-2H3,(H2,12,13,14,15,16)/b11-10+;4-3+. The second kappa shape index (κ2) is 15.1. The summed E-state index contributed by atoms with van der Waals surface area (Å²) in [7, 11) is 2.16. The number of anilines is 5. The summed E-state index contributed by atoms with van der Waals surface area (Å²) in [6.45, 7) is 9.79. The lowest BCUT2D eigenvalue weighted by Crippen LogP contribution is -2.44. The Bertz CT molecular complexity index is 2010. The Hall–Kier alpha value is -5.88. The van der Waals surface area contributed by atoms with Gasteiger partial charge in [0.05, 0.1) is 0 Å². The first-order chi connectivity index (χ1) is 23.4. The number of nitrogens with one attached hydrogen (secondary N) is 4. The molecule has 0 atom stereocenters. The number of fused-ring (bicyclic) bond motifs is 1. The van der Waals surface area contributed by atoms with Crippen LogP contribution in [0.3, 0.4) is 0 Å². The molecule has 12 nitrogen and oxygen atoms in total. The van der Waals surface area contributed by atoms with Crippen LogP contribution in [0.1, 0.15) is 35.5 Å². The van der Waals surface area contributed by atoms with Gasteiger partial charge in [0, 0.05) is 62.0 Å². The first-order valence-corrected chi connectivity index (χ1v) is 15.9. The highest BCUT2D eigenvalue weighted by atomic mass is 15.3. The summed E-state index contributed by atoms with van der Waals surface area (Å²) in [5, 5.41) is 23.0. The monoisotopic (exact) mass is 640 g/mol. The summed E-state index contributed by atoms with van der Waals surface area (Å²) in [6.07, 6.45) is 9.54. The van der Waals surface area contributed by atoms with Crippen molar-refractivity contribution in [1.82, 2.24) is 45.2 Å². The third-order valence-electron chi connectivity index (χ3n) is 7.71. The minimum Gasteiger partial charge on any atom is -0.354 e. The third kappa shape index (κ3) is 8.47. The number of aromatic nitrogens is 8. The summed E-state index contributed by atoms with van der Waals surface area (Å²) in [4.78, 5) is 22.7. The third-order valence-corrected chi connectivity index (χ3v) is 7.71. The molecule has 0 aliphatic carbocycles. The molecule has 5 heterocycles. The number of hydrogen-bond acceptors (Lipinski definition) is 10. The topological polar surface area (TPSA) is 139 Å². The van der Waals surface area contributed by atoms with Crippen molar-refractivity contribution in [2.75, 3.05) is 48.8 Å². The van der Waals surface area contributed by atoms with Crippen LogP contribution >= 0.6 is 0 Å². The summed E-state index contributed by atoms with van der Waals surface area (Å²) < 4.78 is 0. The van der Waals surface area contributed by atoms with E-state index in [-0.39, 0.29) is 0 Å². The molecular weight excluding hydrogens is 600 g/mol. The fourth-order valence-corrected chi connectivity index (χ4v) is 5.25. The number of rotatable bonds is 8. The van der Waals surface area contributed by atoms with Gasteiger partial charge in [0.15, 0.2) is 23.3 Å². The van der Waals surface area contributed by atoms with E-state index in [9.17, 15) is 0 Å². The highest BCUT2D eigenvalue weighted by molar-refractivity contribution is 5.92. The van der Waals surface area contributed by atoms with Crippen molar-refractivity contribution in [3.8, 4) is 0 Å². The van der Waals surface area contributed by atoms with E-state index in [4.69, 9.17) is 9.97 Å². The molecule has 0 amide bonds. The molecule has 0 bridgehead atoms. The number of benzene rings is 2. The maximum atomic E-state index is 4.87. The van der Waals surface area contributed by atoms with Gasteiger partial charge >= 0.3 is 0 Å². The number of H-pyrrole nitrogens is 2. The molecule has 7 rings (SSSR count). The number of piperazine rings is 1. The van der Waals surface area contributed by atoms with Crippen LogP contribution in [0.5, 0.6) is 0 Å². The average molecular weight is 641 g/mol. The number of hydrogen-bond donors (Lipinski definition) is 4. The second-order valence-corrected chi connectivity index (χ2v) is 11.6. The Kier molecular flexibility index (Phi) is 10.1. The molecule has 1 aliphatic rings. The highest BCUT2D eigenvalue weighted by Crippen LogP contribution is 2.23. The molecule has 0 unspecified atom stereocenters. The largest absolute Gasteiger partial charge is 0.354 e. The van der Waals surface area contributed by atoms with E-state index in [0.29, 0.717) is 11.6 Å². The van der Waals surface area contributed by atoms with Gasteiger partial charge in [-0.05, 0) is 62.4 Å². The van der Waals surface area contributed by atoms with Crippen molar-refractivity contribution in [3.05, 3.63) is 108 Å². The van der Waals surface area contributed by atoms with Gasteiger partial charge in [0.25, 0.3) is 0 Å². The number of aryl methyl sites for hydroxylation is 2. The average Bonchev–Trinajstić information content (AvgIpc) is 3.70. The van der Waals surface area contributed by atoms with E-state index in [2.05, 4.69) is 106 Å². The molecule has 1 aliphatic heterocycles. The first-order valence-electron chi connectivity index (χ1n) is 15.9. The van der Waals surface area contributed by atoms with E-state index >= 15 is 0 Å². The Balaban J connectivity index is 0.000000211. The quantitative estimate of drug-likeness (QED) is 0.144. The van der Waals surface area contributed by atoms with Crippen molar-refractivity contribution in [2.45, 2.75) is 20.8 Å². The highest BCUT2D eigenvalue weighted by Gasteiger charge is 2.17. The molecule has 1 fully saturated rings. The SMILES string of the molecule is C/C=C/c1nccc(Nc2cc(C)[nH]n2)n1.Cc1cc(Nc2cc(N3CCN(C)CC3)nc(/C=C/c3cccc4ccccc34)n2)n[nH]1. The Morgan fingerprint density at radius 2 is 1.38 bits per heavy atom. The molecule has 0 saturated carbocycles. The molecule has 1 saturated heterocycles. The van der Waals surface area contributed by atoms with Crippen LogP contribution in [-0.4, -0.2) is 78.5 Å². The molecule has 48 heavy (non-hydrogen) atoms. The predicted octanol–water partition coefficient (Wildman–Crippen LogP) is 6.61. The van der Waals surface area contributed by atoms with E-state index in [1.54, 1.807) is 12.3 Å². The molecule has 4 N–H and O–H groups in total. The Morgan fingerprint density at radius 1 is 0.688 bits per heavy atom. The molecule has 6 aromatic rings. The zero-order valence-electron chi connectivity index (χ0n) is 27.6. The molecule has 244 valence electrons. The smallest absolute Gasteiger partial charge is 0.156 e. The predicted molar refractivity (Wildman–Crippen MR) is 195 cm³/mol. The number of nitrogens with zero attached hydrogens (tertiary/aromatic N) is 8. The fraction of sp³-hybridized carbons (Fsp3) is 0.222. The molecular formula is C36H40N12. The van der Waals surface area contributed by atoms with Crippen molar-refractivity contribution in [1.29, 1.82) is 0 Å². The van der Waals surface area contributed by atoms with E-state index < -0.39 is 0 Å². The summed E-state index contributed by atoms with van der Waals surface area (Å²) in [5.41, 5.74) is 3.15. The van der Waals surface area contributed by atoms with Crippen LogP contribution in [0.4, 0.5) is 29.1 Å². The van der Waals surface area contributed by atoms with Crippen LogP contribution < -0.4 is 15.5 Å². The summed E-state index contributed by atoms with van der Waals surface area (Å²) in [5.74, 6) is 5.24. The lowest BCUT2D eigenvalue weighted by molar-refractivity contribution is 0.312. The minimum absolute atomic E-state index is 0.670. The number of likely N-dealkylation sites (N-methyl/N-ethyl adjacent to an activating group) is 1. The van der Waals surface area contributed by atoms with Gasteiger partial charge in [-0.15, -0.1) is 0 Å². The number of allylic oxidation sites excluding steroid dienone is 1. The van der Waals surface area contributed by atoms with Crippen LogP contribution in [0, 0.1) is 13.8 Å². The molecule has 2 aromatic carbocycles. The van der Waals surface area contributed by atoms with E-state index in [1.165, 1.54) is 10.8 Å². The lowest BCUT2D eigenvalue weighted by Gasteiger charge is -2.33. The van der Waals surface area contributed by atoms with Gasteiger partial charge < -0.3 is 20.4 Å². The van der Waals surface area contributed by atoms with E-state index in [0.717, 1.165) is 72.2 Å². The van der Waals surface area contributed by atoms with Crippen molar-refractivity contribution in [3.63, 3.8) is 0 Å². The summed E-state index contributed by atoms with van der Waals surface area (Å²) in [6, 6.07) is 22.4. The van der Waals surface area contributed by atoms with Gasteiger partial charge in [0.1, 0.15) is 17.5 Å². The van der Waals surface area contributed by atoms with Crippen LogP contribution in [0.25, 0.3) is 29.0 Å².